The first-order valence-corrected chi connectivity index (χ1v) is 7.34. The van der Waals surface area contributed by atoms with E-state index in [0.717, 1.165) is 43.5 Å². The fourth-order valence-electron chi connectivity index (χ4n) is 2.66. The van der Waals surface area contributed by atoms with Crippen LogP contribution in [0.2, 0.25) is 0 Å². The summed E-state index contributed by atoms with van der Waals surface area (Å²) in [5, 5.41) is 13.9. The van der Waals surface area contributed by atoms with Gasteiger partial charge in [0.1, 0.15) is 0 Å². The summed E-state index contributed by atoms with van der Waals surface area (Å²) >= 11 is 0. The molecule has 1 aliphatic heterocycles. The molecule has 1 N–H and O–H groups in total. The number of amides is 1. The van der Waals surface area contributed by atoms with Crippen LogP contribution in [0.25, 0.3) is 0 Å². The first-order chi connectivity index (χ1) is 10.1. The number of likely N-dealkylation sites (tertiary alicyclic amines) is 1. The van der Waals surface area contributed by atoms with Crippen molar-refractivity contribution in [1.29, 1.82) is 0 Å². The molecular weight excluding hydrogens is 270 g/mol. The maximum absolute atomic E-state index is 12.2. The summed E-state index contributed by atoms with van der Waals surface area (Å²) in [6.07, 6.45) is 4.75. The minimum absolute atomic E-state index is 0.0588. The van der Waals surface area contributed by atoms with Crippen molar-refractivity contribution in [2.45, 2.75) is 38.6 Å². The number of rotatable bonds is 4. The second kappa shape index (κ2) is 7.06. The predicted molar refractivity (Wildman–Crippen MR) is 81.1 cm³/mol. The lowest BCUT2D eigenvalue weighted by molar-refractivity contribution is -0.384. The molecule has 0 spiro atoms. The van der Waals surface area contributed by atoms with Crippen molar-refractivity contribution < 1.29 is 9.72 Å². The zero-order valence-corrected chi connectivity index (χ0v) is 12.3. The van der Waals surface area contributed by atoms with Crippen LogP contribution in [0.1, 0.15) is 37.7 Å². The maximum Gasteiger partial charge on any atom is 0.269 e. The Morgan fingerprint density at radius 3 is 2.76 bits per heavy atom. The maximum atomic E-state index is 12.2. The molecule has 1 aromatic carbocycles. The van der Waals surface area contributed by atoms with Crippen molar-refractivity contribution in [2.24, 2.45) is 0 Å². The minimum Gasteiger partial charge on any atom is -0.388 e. The molecule has 1 aliphatic rings. The quantitative estimate of drug-likeness (QED) is 0.683. The Morgan fingerprint density at radius 1 is 1.29 bits per heavy atom. The molecule has 1 amide bonds. The van der Waals surface area contributed by atoms with Crippen LogP contribution in [0.15, 0.2) is 18.2 Å². The molecule has 6 nitrogen and oxygen atoms in total. The number of carbonyl (C=O) groups excluding carboxylic acids is 1. The zero-order chi connectivity index (χ0) is 15.2. The standard InChI is InChI=1S/C15H21N3O3/c1-16-14-8-7-13(18(20)21)10-12(14)11-17-9-5-3-2-4-6-15(17)19/h7-8,10,16H,2-6,9,11H2,1H3. The molecule has 0 atom stereocenters. The molecule has 2 rings (SSSR count). The van der Waals surface area contributed by atoms with Gasteiger partial charge in [0.2, 0.25) is 5.91 Å². The molecule has 1 aromatic rings. The van der Waals surface area contributed by atoms with Gasteiger partial charge in [0, 0.05) is 49.9 Å². The molecule has 1 fully saturated rings. The molecule has 0 aliphatic carbocycles. The fourth-order valence-corrected chi connectivity index (χ4v) is 2.66. The normalized spacial score (nSPS) is 16.2. The van der Waals surface area contributed by atoms with Crippen molar-refractivity contribution in [3.05, 3.63) is 33.9 Å². The van der Waals surface area contributed by atoms with Gasteiger partial charge in [-0.1, -0.05) is 12.8 Å². The molecule has 21 heavy (non-hydrogen) atoms. The summed E-state index contributed by atoms with van der Waals surface area (Å²) < 4.78 is 0. The number of nitrogens with zero attached hydrogens (tertiary/aromatic N) is 2. The van der Waals surface area contributed by atoms with Gasteiger partial charge in [-0.2, -0.15) is 0 Å². The van der Waals surface area contributed by atoms with E-state index < -0.39 is 4.92 Å². The van der Waals surface area contributed by atoms with Crippen LogP contribution in [0.3, 0.4) is 0 Å². The van der Waals surface area contributed by atoms with Crippen LogP contribution in [0.5, 0.6) is 0 Å². The monoisotopic (exact) mass is 291 g/mol. The predicted octanol–water partition coefficient (Wildman–Crippen LogP) is 2.93. The topological polar surface area (TPSA) is 75.5 Å². The largest absolute Gasteiger partial charge is 0.388 e. The summed E-state index contributed by atoms with van der Waals surface area (Å²) in [6.45, 7) is 1.15. The number of nitro benzene ring substituents is 1. The molecule has 1 heterocycles. The number of non-ortho nitro benzene ring substituents is 1. The number of nitrogens with one attached hydrogen (secondary N) is 1. The van der Waals surface area contributed by atoms with E-state index in [1.165, 1.54) is 6.07 Å². The number of nitro groups is 1. The molecule has 0 unspecified atom stereocenters. The Bertz CT molecular complexity index is 531. The van der Waals surface area contributed by atoms with Gasteiger partial charge < -0.3 is 10.2 Å². The third-order valence-corrected chi connectivity index (χ3v) is 3.85. The lowest BCUT2D eigenvalue weighted by Gasteiger charge is -2.25. The molecule has 0 saturated carbocycles. The van der Waals surface area contributed by atoms with E-state index in [1.54, 1.807) is 19.2 Å². The van der Waals surface area contributed by atoms with E-state index >= 15 is 0 Å². The van der Waals surface area contributed by atoms with Crippen molar-refractivity contribution >= 4 is 17.3 Å². The van der Waals surface area contributed by atoms with E-state index in [0.29, 0.717) is 13.0 Å². The highest BCUT2D eigenvalue weighted by Crippen LogP contribution is 2.24. The average molecular weight is 291 g/mol. The lowest BCUT2D eigenvalue weighted by Crippen LogP contribution is -2.32. The van der Waals surface area contributed by atoms with E-state index in [2.05, 4.69) is 5.32 Å². The Kier molecular flexibility index (Phi) is 5.14. The average Bonchev–Trinajstić information content (AvgIpc) is 2.46. The molecule has 1 saturated heterocycles. The Balaban J connectivity index is 2.21. The second-order valence-corrected chi connectivity index (χ2v) is 5.33. The lowest BCUT2D eigenvalue weighted by atomic mass is 10.1. The van der Waals surface area contributed by atoms with E-state index in [1.807, 2.05) is 4.90 Å². The van der Waals surface area contributed by atoms with Gasteiger partial charge >= 0.3 is 0 Å². The molecule has 6 heteroatoms. The zero-order valence-electron chi connectivity index (χ0n) is 12.3. The van der Waals surface area contributed by atoms with Gasteiger partial charge in [0.05, 0.1) is 4.92 Å². The molecule has 114 valence electrons. The fraction of sp³-hybridized carbons (Fsp3) is 0.533. The number of carbonyl (C=O) groups is 1. The molecular formula is C15H21N3O3. The van der Waals surface area contributed by atoms with Gasteiger partial charge in [-0.05, 0) is 18.9 Å². The summed E-state index contributed by atoms with van der Waals surface area (Å²) in [5.74, 6) is 0.142. The van der Waals surface area contributed by atoms with Gasteiger partial charge in [0.15, 0.2) is 0 Å². The van der Waals surface area contributed by atoms with Crippen LogP contribution >= 0.6 is 0 Å². The van der Waals surface area contributed by atoms with Crippen LogP contribution in [0.4, 0.5) is 11.4 Å². The summed E-state index contributed by atoms with van der Waals surface area (Å²) in [7, 11) is 1.78. The minimum atomic E-state index is -0.405. The van der Waals surface area contributed by atoms with Crippen LogP contribution < -0.4 is 5.32 Å². The Hall–Kier alpha value is -2.11. The number of benzene rings is 1. The first-order valence-electron chi connectivity index (χ1n) is 7.34. The van der Waals surface area contributed by atoms with E-state index in [4.69, 9.17) is 0 Å². The Morgan fingerprint density at radius 2 is 2.05 bits per heavy atom. The van der Waals surface area contributed by atoms with E-state index in [9.17, 15) is 14.9 Å². The van der Waals surface area contributed by atoms with Crippen molar-refractivity contribution in [3.63, 3.8) is 0 Å². The molecule has 0 radical (unpaired) electrons. The molecule has 0 aromatic heterocycles. The first kappa shape index (κ1) is 15.3. The highest BCUT2D eigenvalue weighted by atomic mass is 16.6. The summed E-state index contributed by atoms with van der Waals surface area (Å²) in [6, 6.07) is 4.73. The van der Waals surface area contributed by atoms with Crippen LogP contribution in [-0.2, 0) is 11.3 Å². The smallest absolute Gasteiger partial charge is 0.269 e. The second-order valence-electron chi connectivity index (χ2n) is 5.33. The summed E-state index contributed by atoms with van der Waals surface area (Å²) in [5.41, 5.74) is 1.68. The number of anilines is 1. The van der Waals surface area contributed by atoms with Gasteiger partial charge in [0.25, 0.3) is 5.69 Å². The SMILES string of the molecule is CNc1ccc([N+](=O)[O-])cc1CN1CCCCCCC1=O. The number of hydrogen-bond donors (Lipinski definition) is 1. The van der Waals surface area contributed by atoms with E-state index in [-0.39, 0.29) is 11.6 Å². The van der Waals surface area contributed by atoms with Crippen LogP contribution in [-0.4, -0.2) is 29.3 Å². The van der Waals surface area contributed by atoms with Crippen molar-refractivity contribution in [3.8, 4) is 0 Å². The summed E-state index contributed by atoms with van der Waals surface area (Å²) in [4.78, 5) is 24.5. The van der Waals surface area contributed by atoms with Crippen molar-refractivity contribution in [1.82, 2.24) is 4.90 Å². The highest BCUT2D eigenvalue weighted by molar-refractivity contribution is 5.76. The third-order valence-electron chi connectivity index (χ3n) is 3.85. The number of hydrogen-bond acceptors (Lipinski definition) is 4. The van der Waals surface area contributed by atoms with Gasteiger partial charge in [-0.3, -0.25) is 14.9 Å². The highest BCUT2D eigenvalue weighted by Gasteiger charge is 2.18. The molecule has 0 bridgehead atoms. The van der Waals surface area contributed by atoms with Gasteiger partial charge in [-0.15, -0.1) is 0 Å². The third kappa shape index (κ3) is 3.93. The van der Waals surface area contributed by atoms with Crippen molar-refractivity contribution in [2.75, 3.05) is 18.9 Å². The Labute approximate surface area is 124 Å². The van der Waals surface area contributed by atoms with Gasteiger partial charge in [-0.25, -0.2) is 0 Å². The van der Waals surface area contributed by atoms with Crippen LogP contribution in [0, 0.1) is 10.1 Å².